The molecule has 2 atom stereocenters. The summed E-state index contributed by atoms with van der Waals surface area (Å²) in [5, 5.41) is 3.79. The molecule has 3 aromatic carbocycles. The molecular formula is C31H37NO3. The van der Waals surface area contributed by atoms with Gasteiger partial charge >= 0.3 is 5.97 Å². The fourth-order valence-corrected chi connectivity index (χ4v) is 4.43. The third kappa shape index (κ3) is 7.22. The maximum Gasteiger partial charge on any atom is 0.337 e. The first kappa shape index (κ1) is 26.1. The average molecular weight is 472 g/mol. The zero-order valence-corrected chi connectivity index (χ0v) is 21.1. The van der Waals surface area contributed by atoms with Crippen molar-refractivity contribution in [2.45, 2.75) is 45.1 Å². The molecule has 0 aromatic heterocycles. The van der Waals surface area contributed by atoms with Crippen LogP contribution in [0.5, 0.6) is 5.75 Å². The van der Waals surface area contributed by atoms with Gasteiger partial charge in [0.2, 0.25) is 0 Å². The summed E-state index contributed by atoms with van der Waals surface area (Å²) in [4.78, 5) is 11.9. The highest BCUT2D eigenvalue weighted by atomic mass is 16.5. The van der Waals surface area contributed by atoms with Crippen molar-refractivity contribution >= 4 is 17.2 Å². The molecule has 184 valence electrons. The van der Waals surface area contributed by atoms with E-state index in [0.717, 1.165) is 35.4 Å². The Kier molecular flexibility index (Phi) is 9.97. The maximum absolute atomic E-state index is 11.9. The number of benzene rings is 3. The summed E-state index contributed by atoms with van der Waals surface area (Å²) in [6.07, 6.45) is 5.78. The topological polar surface area (TPSA) is 47.6 Å². The second-order valence-corrected chi connectivity index (χ2v) is 8.81. The van der Waals surface area contributed by atoms with Gasteiger partial charge in [-0.25, -0.2) is 4.79 Å². The van der Waals surface area contributed by atoms with Crippen molar-refractivity contribution in [1.82, 2.24) is 0 Å². The number of methoxy groups -OCH3 is 2. The molecule has 4 nitrogen and oxygen atoms in total. The van der Waals surface area contributed by atoms with Crippen LogP contribution in [0.1, 0.15) is 66.6 Å². The summed E-state index contributed by atoms with van der Waals surface area (Å²) in [6.45, 7) is 6.79. The minimum atomic E-state index is -0.332. The number of unbranched alkanes of at least 4 members (excludes halogenated alkanes) is 3. The molecule has 0 bridgehead atoms. The molecule has 1 N–H and O–H groups in total. The van der Waals surface area contributed by atoms with Gasteiger partial charge in [-0.05, 0) is 59.5 Å². The van der Waals surface area contributed by atoms with Gasteiger partial charge < -0.3 is 14.8 Å². The van der Waals surface area contributed by atoms with Crippen LogP contribution in [0, 0.1) is 5.92 Å². The number of hydrogen-bond acceptors (Lipinski definition) is 4. The Morgan fingerprint density at radius 2 is 1.51 bits per heavy atom. The largest absolute Gasteiger partial charge is 0.497 e. The Morgan fingerprint density at radius 3 is 2.11 bits per heavy atom. The van der Waals surface area contributed by atoms with Crippen LogP contribution in [-0.4, -0.2) is 20.2 Å². The normalized spacial score (nSPS) is 12.4. The zero-order chi connectivity index (χ0) is 25.0. The van der Waals surface area contributed by atoms with E-state index in [1.807, 2.05) is 42.5 Å². The number of esters is 1. The second-order valence-electron chi connectivity index (χ2n) is 8.81. The lowest BCUT2D eigenvalue weighted by molar-refractivity contribution is 0.0600. The summed E-state index contributed by atoms with van der Waals surface area (Å²) < 4.78 is 10.2. The van der Waals surface area contributed by atoms with Gasteiger partial charge in [0.05, 0.1) is 25.8 Å². The van der Waals surface area contributed by atoms with E-state index in [9.17, 15) is 4.79 Å². The van der Waals surface area contributed by atoms with E-state index in [0.29, 0.717) is 5.56 Å². The molecule has 0 aliphatic heterocycles. The molecule has 0 unspecified atom stereocenters. The summed E-state index contributed by atoms with van der Waals surface area (Å²) in [5.41, 5.74) is 4.89. The number of carbonyl (C=O) groups is 1. The highest BCUT2D eigenvalue weighted by Crippen LogP contribution is 2.39. The van der Waals surface area contributed by atoms with E-state index < -0.39 is 0 Å². The molecule has 3 aromatic rings. The first-order valence-corrected chi connectivity index (χ1v) is 12.4. The number of carbonyl (C=O) groups excluding carboxylic acids is 1. The summed E-state index contributed by atoms with van der Waals surface area (Å²) in [5.74, 6) is 0.667. The monoisotopic (exact) mass is 471 g/mol. The molecule has 0 spiro atoms. The molecule has 0 saturated carbocycles. The zero-order valence-electron chi connectivity index (χ0n) is 21.1. The molecule has 0 heterocycles. The van der Waals surface area contributed by atoms with Crippen LogP contribution >= 0.6 is 0 Å². The Hall–Kier alpha value is -3.53. The molecule has 4 heteroatoms. The van der Waals surface area contributed by atoms with E-state index in [1.54, 1.807) is 7.11 Å². The van der Waals surface area contributed by atoms with Crippen molar-refractivity contribution in [3.05, 3.63) is 102 Å². The Balaban J connectivity index is 1.95. The molecule has 3 rings (SSSR count). The van der Waals surface area contributed by atoms with E-state index >= 15 is 0 Å². The van der Waals surface area contributed by atoms with Crippen LogP contribution in [0.4, 0.5) is 5.69 Å². The van der Waals surface area contributed by atoms with Crippen LogP contribution in [0.25, 0.3) is 5.57 Å². The standard InChI is InChI=1S/C31H37NO3/c1-5-6-7-11-14-29(23(2)24-15-17-26(18-16-24)31(33)35-4)30(25-12-9-8-10-13-25)32-27-19-21-28(34-3)22-20-27/h8-10,12-13,15-22,29-30,32H,2,5-7,11,14H2,1,3-4H3/t29-,30+/m1/s1. The van der Waals surface area contributed by atoms with Crippen molar-refractivity contribution in [3.8, 4) is 5.75 Å². The molecular weight excluding hydrogens is 434 g/mol. The lowest BCUT2D eigenvalue weighted by Crippen LogP contribution is -2.22. The number of anilines is 1. The predicted molar refractivity (Wildman–Crippen MR) is 145 cm³/mol. The molecule has 35 heavy (non-hydrogen) atoms. The van der Waals surface area contributed by atoms with Gasteiger partial charge in [0.15, 0.2) is 0 Å². The van der Waals surface area contributed by atoms with Gasteiger partial charge in [-0.15, -0.1) is 0 Å². The van der Waals surface area contributed by atoms with E-state index in [2.05, 4.69) is 55.2 Å². The van der Waals surface area contributed by atoms with Gasteiger partial charge in [0.25, 0.3) is 0 Å². The fourth-order valence-electron chi connectivity index (χ4n) is 4.43. The van der Waals surface area contributed by atoms with E-state index in [4.69, 9.17) is 9.47 Å². The van der Waals surface area contributed by atoms with Crippen LogP contribution in [-0.2, 0) is 4.74 Å². The van der Waals surface area contributed by atoms with Gasteiger partial charge in [-0.3, -0.25) is 0 Å². The van der Waals surface area contributed by atoms with Gasteiger partial charge in [-0.2, -0.15) is 0 Å². The van der Waals surface area contributed by atoms with Crippen molar-refractivity contribution in [3.63, 3.8) is 0 Å². The lowest BCUT2D eigenvalue weighted by atomic mass is 9.80. The van der Waals surface area contributed by atoms with E-state index in [-0.39, 0.29) is 17.9 Å². The highest BCUT2D eigenvalue weighted by Gasteiger charge is 2.26. The minimum absolute atomic E-state index is 0.0407. The van der Waals surface area contributed by atoms with E-state index in [1.165, 1.54) is 31.9 Å². The molecule has 0 fully saturated rings. The number of hydrogen-bond donors (Lipinski definition) is 1. The van der Waals surface area contributed by atoms with Crippen LogP contribution in [0.15, 0.2) is 85.4 Å². The molecule has 0 amide bonds. The second kappa shape index (κ2) is 13.4. The quantitative estimate of drug-likeness (QED) is 0.203. The molecule has 0 aliphatic carbocycles. The van der Waals surface area contributed by atoms with Crippen molar-refractivity contribution in [2.24, 2.45) is 5.92 Å². The molecule has 0 aliphatic rings. The lowest BCUT2D eigenvalue weighted by Gasteiger charge is -2.31. The first-order chi connectivity index (χ1) is 17.1. The highest BCUT2D eigenvalue weighted by molar-refractivity contribution is 5.89. The smallest absolute Gasteiger partial charge is 0.337 e. The molecule has 0 radical (unpaired) electrons. The van der Waals surface area contributed by atoms with Crippen LogP contribution < -0.4 is 10.1 Å². The Bertz CT molecular complexity index is 1060. The van der Waals surface area contributed by atoms with Crippen molar-refractivity contribution in [2.75, 3.05) is 19.5 Å². The third-order valence-corrected chi connectivity index (χ3v) is 6.47. The van der Waals surface area contributed by atoms with Crippen LogP contribution in [0.3, 0.4) is 0 Å². The third-order valence-electron chi connectivity index (χ3n) is 6.47. The van der Waals surface area contributed by atoms with Gasteiger partial charge in [0.1, 0.15) is 5.75 Å². The predicted octanol–water partition coefficient (Wildman–Crippen LogP) is 7.94. The van der Waals surface area contributed by atoms with Gasteiger partial charge in [-0.1, -0.05) is 81.7 Å². The Morgan fingerprint density at radius 1 is 0.857 bits per heavy atom. The summed E-state index contributed by atoms with van der Waals surface area (Å²) >= 11 is 0. The summed E-state index contributed by atoms with van der Waals surface area (Å²) in [7, 11) is 3.08. The SMILES string of the molecule is C=C(c1ccc(C(=O)OC)cc1)[C@@H](CCCCCC)[C@@H](Nc1ccc(OC)cc1)c1ccccc1. The van der Waals surface area contributed by atoms with Gasteiger partial charge in [0, 0.05) is 11.6 Å². The maximum atomic E-state index is 11.9. The number of rotatable bonds is 13. The fraction of sp³-hybridized carbons (Fsp3) is 0.323. The average Bonchev–Trinajstić information content (AvgIpc) is 2.92. The van der Waals surface area contributed by atoms with Crippen molar-refractivity contribution in [1.29, 1.82) is 0 Å². The summed E-state index contributed by atoms with van der Waals surface area (Å²) in [6, 6.07) is 26.2. The number of nitrogens with one attached hydrogen (secondary N) is 1. The Labute approximate surface area is 210 Å². The van der Waals surface area contributed by atoms with Crippen molar-refractivity contribution < 1.29 is 14.3 Å². The minimum Gasteiger partial charge on any atom is -0.497 e. The van der Waals surface area contributed by atoms with Crippen LogP contribution in [0.2, 0.25) is 0 Å². The first-order valence-electron chi connectivity index (χ1n) is 12.4. The number of ether oxygens (including phenoxy) is 2. The molecule has 0 saturated heterocycles.